The van der Waals surface area contributed by atoms with Gasteiger partial charge < -0.3 is 10.2 Å². The predicted molar refractivity (Wildman–Crippen MR) is 37.4 cm³/mol. The lowest BCUT2D eigenvalue weighted by molar-refractivity contribution is 0.388. The average molecular weight is 207 g/mol. The van der Waals surface area contributed by atoms with Crippen LogP contribution in [-0.2, 0) is 0 Å². The molecule has 54 valence electrons. The van der Waals surface area contributed by atoms with E-state index in [1.54, 1.807) is 0 Å². The second-order valence-corrected chi connectivity index (χ2v) is 2.67. The minimum absolute atomic E-state index is 0.434. The molecule has 1 rings (SSSR count). The number of phenolic OH excluding ortho intramolecular Hbond substituents is 2. The Morgan fingerprint density at radius 2 is 1.60 bits per heavy atom. The standard InChI is InChI=1S/C6H4BrFO2/c7-3-1-4(9)6(8)5(10)2-3/h1-2,9-10H. The Bertz CT molecular complexity index is 239. The number of aromatic hydroxyl groups is 2. The van der Waals surface area contributed by atoms with Crippen molar-refractivity contribution in [2.75, 3.05) is 0 Å². The number of hydrogen-bond acceptors (Lipinski definition) is 2. The van der Waals surface area contributed by atoms with Gasteiger partial charge in [0.1, 0.15) is 0 Å². The van der Waals surface area contributed by atoms with Gasteiger partial charge in [-0.05, 0) is 12.1 Å². The van der Waals surface area contributed by atoms with E-state index in [1.165, 1.54) is 0 Å². The minimum atomic E-state index is -0.997. The summed E-state index contributed by atoms with van der Waals surface area (Å²) in [6.45, 7) is 0. The van der Waals surface area contributed by atoms with Crippen LogP contribution in [0.15, 0.2) is 16.6 Å². The van der Waals surface area contributed by atoms with Gasteiger partial charge in [0.05, 0.1) is 0 Å². The van der Waals surface area contributed by atoms with Crippen LogP contribution < -0.4 is 0 Å². The van der Waals surface area contributed by atoms with Crippen LogP contribution in [0.3, 0.4) is 0 Å². The molecule has 0 radical (unpaired) electrons. The van der Waals surface area contributed by atoms with Crippen molar-refractivity contribution < 1.29 is 14.6 Å². The molecule has 1 aromatic carbocycles. The third-order valence-corrected chi connectivity index (χ3v) is 1.46. The zero-order chi connectivity index (χ0) is 7.72. The molecule has 0 saturated carbocycles. The summed E-state index contributed by atoms with van der Waals surface area (Å²) in [5.41, 5.74) is 0. The summed E-state index contributed by atoms with van der Waals surface area (Å²) in [7, 11) is 0. The molecule has 0 bridgehead atoms. The molecule has 0 fully saturated rings. The number of phenols is 2. The number of hydrogen-bond donors (Lipinski definition) is 2. The largest absolute Gasteiger partial charge is 0.505 e. The topological polar surface area (TPSA) is 40.5 Å². The number of rotatable bonds is 0. The highest BCUT2D eigenvalue weighted by molar-refractivity contribution is 9.10. The zero-order valence-corrected chi connectivity index (χ0v) is 6.39. The molecule has 0 heterocycles. The fraction of sp³-hybridized carbons (Fsp3) is 0. The average Bonchev–Trinajstić information content (AvgIpc) is 1.82. The van der Waals surface area contributed by atoms with E-state index in [0.717, 1.165) is 12.1 Å². The number of benzene rings is 1. The summed E-state index contributed by atoms with van der Waals surface area (Å²) in [5, 5.41) is 17.4. The predicted octanol–water partition coefficient (Wildman–Crippen LogP) is 2.00. The monoisotopic (exact) mass is 206 g/mol. The Labute approximate surface area is 65.1 Å². The Morgan fingerprint density at radius 3 is 2.00 bits per heavy atom. The van der Waals surface area contributed by atoms with E-state index in [1.807, 2.05) is 0 Å². The Balaban J connectivity index is 3.31. The molecule has 1 aromatic rings. The van der Waals surface area contributed by atoms with Crippen LogP contribution in [0.25, 0.3) is 0 Å². The van der Waals surface area contributed by atoms with Crippen molar-refractivity contribution in [1.82, 2.24) is 0 Å². The maximum absolute atomic E-state index is 12.4. The molecule has 0 aliphatic carbocycles. The SMILES string of the molecule is Oc1cc(Br)cc(O)c1F. The van der Waals surface area contributed by atoms with Crippen LogP contribution in [0.1, 0.15) is 0 Å². The second kappa shape index (κ2) is 2.46. The summed E-state index contributed by atoms with van der Waals surface area (Å²) in [5.74, 6) is -2.12. The normalized spacial score (nSPS) is 9.80. The van der Waals surface area contributed by atoms with Crippen molar-refractivity contribution in [2.24, 2.45) is 0 Å². The molecule has 2 nitrogen and oxygen atoms in total. The van der Waals surface area contributed by atoms with Crippen LogP contribution >= 0.6 is 15.9 Å². The molecule has 10 heavy (non-hydrogen) atoms. The van der Waals surface area contributed by atoms with E-state index in [0.29, 0.717) is 4.47 Å². The minimum Gasteiger partial charge on any atom is -0.505 e. The fourth-order valence-electron chi connectivity index (χ4n) is 0.561. The first kappa shape index (κ1) is 7.34. The Hall–Kier alpha value is -0.770. The van der Waals surface area contributed by atoms with E-state index >= 15 is 0 Å². The smallest absolute Gasteiger partial charge is 0.206 e. The van der Waals surface area contributed by atoms with Gasteiger partial charge in [-0.25, -0.2) is 0 Å². The van der Waals surface area contributed by atoms with Crippen LogP contribution in [0.2, 0.25) is 0 Å². The first-order valence-electron chi connectivity index (χ1n) is 2.48. The van der Waals surface area contributed by atoms with Crippen molar-refractivity contribution in [2.45, 2.75) is 0 Å². The van der Waals surface area contributed by atoms with Gasteiger partial charge in [0.25, 0.3) is 0 Å². The van der Waals surface area contributed by atoms with Crippen molar-refractivity contribution in [3.63, 3.8) is 0 Å². The lowest BCUT2D eigenvalue weighted by atomic mass is 10.3. The van der Waals surface area contributed by atoms with Gasteiger partial charge in [-0.15, -0.1) is 0 Å². The highest BCUT2D eigenvalue weighted by atomic mass is 79.9. The molecular weight excluding hydrogens is 203 g/mol. The lowest BCUT2D eigenvalue weighted by Gasteiger charge is -1.97. The molecular formula is C6H4BrFO2. The maximum atomic E-state index is 12.4. The second-order valence-electron chi connectivity index (χ2n) is 1.76. The molecule has 0 saturated heterocycles. The molecule has 0 atom stereocenters. The Kier molecular flexibility index (Phi) is 1.80. The maximum Gasteiger partial charge on any atom is 0.206 e. The van der Waals surface area contributed by atoms with Crippen molar-refractivity contribution in [3.05, 3.63) is 22.4 Å². The molecule has 0 spiro atoms. The van der Waals surface area contributed by atoms with Gasteiger partial charge >= 0.3 is 0 Å². The summed E-state index contributed by atoms with van der Waals surface area (Å²) in [4.78, 5) is 0. The summed E-state index contributed by atoms with van der Waals surface area (Å²) < 4.78 is 12.8. The molecule has 0 aliphatic heterocycles. The summed E-state index contributed by atoms with van der Waals surface area (Å²) in [6.07, 6.45) is 0. The van der Waals surface area contributed by atoms with Gasteiger partial charge in [-0.1, -0.05) is 15.9 Å². The van der Waals surface area contributed by atoms with Crippen LogP contribution in [0.5, 0.6) is 11.5 Å². The molecule has 0 aromatic heterocycles. The molecule has 0 amide bonds. The van der Waals surface area contributed by atoms with Crippen LogP contribution in [-0.4, -0.2) is 10.2 Å². The van der Waals surface area contributed by atoms with Gasteiger partial charge in [-0.3, -0.25) is 0 Å². The van der Waals surface area contributed by atoms with E-state index in [4.69, 9.17) is 10.2 Å². The number of halogens is 2. The first-order valence-corrected chi connectivity index (χ1v) is 3.27. The summed E-state index contributed by atoms with van der Waals surface area (Å²) in [6, 6.07) is 2.32. The molecule has 2 N–H and O–H groups in total. The Morgan fingerprint density at radius 1 is 1.20 bits per heavy atom. The van der Waals surface area contributed by atoms with Gasteiger partial charge in [-0.2, -0.15) is 4.39 Å². The van der Waals surface area contributed by atoms with Gasteiger partial charge in [0.15, 0.2) is 11.5 Å². The van der Waals surface area contributed by atoms with E-state index in [-0.39, 0.29) is 0 Å². The highest BCUT2D eigenvalue weighted by Gasteiger charge is 2.06. The van der Waals surface area contributed by atoms with Crippen molar-refractivity contribution in [3.8, 4) is 11.5 Å². The fourth-order valence-corrected chi connectivity index (χ4v) is 0.994. The van der Waals surface area contributed by atoms with Crippen LogP contribution in [0, 0.1) is 5.82 Å². The highest BCUT2D eigenvalue weighted by Crippen LogP contribution is 2.28. The zero-order valence-electron chi connectivity index (χ0n) is 4.81. The van der Waals surface area contributed by atoms with Gasteiger partial charge in [0, 0.05) is 4.47 Å². The van der Waals surface area contributed by atoms with Crippen molar-refractivity contribution >= 4 is 15.9 Å². The first-order chi connectivity index (χ1) is 4.61. The van der Waals surface area contributed by atoms with Gasteiger partial charge in [0.2, 0.25) is 5.82 Å². The molecule has 4 heteroatoms. The van der Waals surface area contributed by atoms with Crippen molar-refractivity contribution in [1.29, 1.82) is 0 Å². The third-order valence-electron chi connectivity index (χ3n) is 0.999. The van der Waals surface area contributed by atoms with E-state index < -0.39 is 17.3 Å². The van der Waals surface area contributed by atoms with E-state index in [2.05, 4.69) is 15.9 Å². The quantitative estimate of drug-likeness (QED) is 0.682. The lowest BCUT2D eigenvalue weighted by Crippen LogP contribution is -1.77. The molecule has 0 unspecified atom stereocenters. The van der Waals surface area contributed by atoms with E-state index in [9.17, 15) is 4.39 Å². The third kappa shape index (κ3) is 1.21. The molecule has 0 aliphatic rings. The summed E-state index contributed by atoms with van der Waals surface area (Å²) >= 11 is 2.96. The van der Waals surface area contributed by atoms with Crippen LogP contribution in [0.4, 0.5) is 4.39 Å².